The Bertz CT molecular complexity index is 964. The van der Waals surface area contributed by atoms with E-state index in [2.05, 4.69) is 10.5 Å². The Hall–Kier alpha value is -2.22. The maximum absolute atomic E-state index is 12.9. The van der Waals surface area contributed by atoms with E-state index in [1.807, 2.05) is 19.1 Å². The number of nitrogens with zero attached hydrogens (tertiary/aromatic N) is 2. The van der Waals surface area contributed by atoms with Crippen molar-refractivity contribution in [2.24, 2.45) is 5.10 Å². The fraction of sp³-hybridized carbons (Fsp3) is 0.263. The van der Waals surface area contributed by atoms with Crippen molar-refractivity contribution < 1.29 is 13.2 Å². The third-order valence-electron chi connectivity index (χ3n) is 3.94. The average molecular weight is 408 g/mol. The summed E-state index contributed by atoms with van der Waals surface area (Å²) in [4.78, 5) is 12.3. The first kappa shape index (κ1) is 21.1. The monoisotopic (exact) mass is 407 g/mol. The number of likely N-dealkylation sites (N-methyl/N-ethyl adjacent to an activating group) is 1. The molecule has 6 nitrogen and oxygen atoms in total. The van der Waals surface area contributed by atoms with E-state index in [1.54, 1.807) is 38.1 Å². The zero-order valence-electron chi connectivity index (χ0n) is 15.7. The van der Waals surface area contributed by atoms with Gasteiger partial charge in [-0.1, -0.05) is 47.5 Å². The molecular weight excluding hydrogens is 386 g/mol. The molecule has 2 aromatic carbocycles. The fourth-order valence-electron chi connectivity index (χ4n) is 2.81. The number of aryl methyl sites for hydroxylation is 3. The molecule has 0 radical (unpaired) electrons. The van der Waals surface area contributed by atoms with Crippen LogP contribution in [0.2, 0.25) is 5.02 Å². The lowest BCUT2D eigenvalue weighted by atomic mass is 10.1. The van der Waals surface area contributed by atoms with Crippen LogP contribution in [0.1, 0.15) is 22.3 Å². The van der Waals surface area contributed by atoms with Crippen LogP contribution in [0.25, 0.3) is 0 Å². The third kappa shape index (κ3) is 5.15. The second-order valence-corrected chi connectivity index (χ2v) is 8.69. The van der Waals surface area contributed by atoms with Gasteiger partial charge in [0.15, 0.2) is 0 Å². The van der Waals surface area contributed by atoms with Crippen molar-refractivity contribution in [3.63, 3.8) is 0 Å². The third-order valence-corrected chi connectivity index (χ3v) is 6.39. The van der Waals surface area contributed by atoms with E-state index in [1.165, 1.54) is 13.3 Å². The molecule has 0 heterocycles. The topological polar surface area (TPSA) is 78.8 Å². The summed E-state index contributed by atoms with van der Waals surface area (Å²) in [5, 5.41) is 4.33. The van der Waals surface area contributed by atoms with E-state index in [-0.39, 0.29) is 11.4 Å². The number of carbonyl (C=O) groups excluding carboxylic acids is 1. The van der Waals surface area contributed by atoms with E-state index in [9.17, 15) is 13.2 Å². The van der Waals surface area contributed by atoms with Crippen LogP contribution in [-0.2, 0) is 14.8 Å². The zero-order valence-corrected chi connectivity index (χ0v) is 17.2. The summed E-state index contributed by atoms with van der Waals surface area (Å²) in [7, 11) is -2.43. The van der Waals surface area contributed by atoms with E-state index >= 15 is 0 Å². The highest BCUT2D eigenvalue weighted by atomic mass is 35.5. The van der Waals surface area contributed by atoms with Crippen molar-refractivity contribution in [3.8, 4) is 0 Å². The Morgan fingerprint density at radius 2 is 1.78 bits per heavy atom. The fourth-order valence-corrected chi connectivity index (χ4v) is 4.52. The zero-order chi connectivity index (χ0) is 20.2. The van der Waals surface area contributed by atoms with E-state index < -0.39 is 15.9 Å². The predicted molar refractivity (Wildman–Crippen MR) is 108 cm³/mol. The predicted octanol–water partition coefficient (Wildman–Crippen LogP) is 3.04. The molecule has 0 aromatic heterocycles. The molecule has 0 aliphatic rings. The van der Waals surface area contributed by atoms with Gasteiger partial charge in [0.05, 0.1) is 17.7 Å². The maximum atomic E-state index is 12.9. The molecular formula is C19H22ClN3O3S. The van der Waals surface area contributed by atoms with Gasteiger partial charge in [-0.05, 0) is 38.0 Å². The second-order valence-electron chi connectivity index (χ2n) is 6.30. The summed E-state index contributed by atoms with van der Waals surface area (Å²) >= 11 is 6.00. The van der Waals surface area contributed by atoms with Gasteiger partial charge in [0.1, 0.15) is 0 Å². The number of amides is 1. The Balaban J connectivity index is 2.09. The summed E-state index contributed by atoms with van der Waals surface area (Å²) in [6, 6.07) is 10.6. The van der Waals surface area contributed by atoms with Crippen molar-refractivity contribution in [1.82, 2.24) is 9.73 Å². The lowest BCUT2D eigenvalue weighted by Gasteiger charge is -2.19. The number of hydrogen-bond donors (Lipinski definition) is 1. The van der Waals surface area contributed by atoms with Gasteiger partial charge >= 0.3 is 0 Å². The molecule has 2 aromatic rings. The molecule has 27 heavy (non-hydrogen) atoms. The number of hydrogen-bond acceptors (Lipinski definition) is 4. The first-order chi connectivity index (χ1) is 12.6. The largest absolute Gasteiger partial charge is 0.272 e. The number of rotatable bonds is 6. The highest BCUT2D eigenvalue weighted by molar-refractivity contribution is 7.89. The molecule has 0 unspecified atom stereocenters. The molecule has 1 amide bonds. The van der Waals surface area contributed by atoms with Crippen molar-refractivity contribution in [1.29, 1.82) is 0 Å². The van der Waals surface area contributed by atoms with Crippen LogP contribution in [0.5, 0.6) is 0 Å². The van der Waals surface area contributed by atoms with Crippen molar-refractivity contribution in [2.75, 3.05) is 13.6 Å². The van der Waals surface area contributed by atoms with Crippen LogP contribution in [0.15, 0.2) is 46.4 Å². The number of nitrogens with one attached hydrogen (secondary N) is 1. The molecule has 0 aliphatic carbocycles. The highest BCUT2D eigenvalue weighted by Gasteiger charge is 2.26. The molecule has 0 saturated carbocycles. The van der Waals surface area contributed by atoms with Crippen LogP contribution < -0.4 is 5.43 Å². The number of benzene rings is 2. The summed E-state index contributed by atoms with van der Waals surface area (Å²) in [6.45, 7) is 5.04. The van der Waals surface area contributed by atoms with Crippen molar-refractivity contribution in [2.45, 2.75) is 25.7 Å². The molecule has 2 rings (SSSR count). The summed E-state index contributed by atoms with van der Waals surface area (Å²) in [5.74, 6) is -0.549. The maximum Gasteiger partial charge on any atom is 0.255 e. The van der Waals surface area contributed by atoms with Gasteiger partial charge in [0.25, 0.3) is 5.91 Å². The molecule has 0 bridgehead atoms. The van der Waals surface area contributed by atoms with Crippen LogP contribution in [0, 0.1) is 20.8 Å². The van der Waals surface area contributed by atoms with E-state index in [0.717, 1.165) is 9.87 Å². The van der Waals surface area contributed by atoms with Gasteiger partial charge in [-0.2, -0.15) is 9.41 Å². The van der Waals surface area contributed by atoms with E-state index in [4.69, 9.17) is 11.6 Å². The molecule has 144 valence electrons. The Labute approximate surface area is 164 Å². The molecule has 1 N–H and O–H groups in total. The highest BCUT2D eigenvalue weighted by Crippen LogP contribution is 2.24. The summed E-state index contributed by atoms with van der Waals surface area (Å²) < 4.78 is 26.7. The number of hydrazone groups is 1. The molecule has 0 spiro atoms. The average Bonchev–Trinajstić information content (AvgIpc) is 2.55. The van der Waals surface area contributed by atoms with E-state index in [0.29, 0.717) is 21.7 Å². The number of halogens is 1. The van der Waals surface area contributed by atoms with Crippen molar-refractivity contribution >= 4 is 33.7 Å². The van der Waals surface area contributed by atoms with Gasteiger partial charge in [-0.3, -0.25) is 4.79 Å². The summed E-state index contributed by atoms with van der Waals surface area (Å²) in [6.07, 6.45) is 1.41. The standard InChI is InChI=1S/C19H22ClN3O3S/c1-13-9-14(2)19(15(3)10-13)27(25,26)23(4)12-18(24)22-21-11-16-7-5-6-8-17(16)20/h5-11H,12H2,1-4H3,(H,22,24)/b21-11-. The van der Waals surface area contributed by atoms with Gasteiger partial charge < -0.3 is 0 Å². The van der Waals surface area contributed by atoms with Crippen LogP contribution in [0.4, 0.5) is 0 Å². The van der Waals surface area contributed by atoms with Gasteiger partial charge in [0.2, 0.25) is 10.0 Å². The summed E-state index contributed by atoms with van der Waals surface area (Å²) in [5.41, 5.74) is 5.25. The quantitative estimate of drug-likeness (QED) is 0.590. The van der Waals surface area contributed by atoms with Crippen molar-refractivity contribution in [3.05, 3.63) is 63.7 Å². The Morgan fingerprint density at radius 3 is 2.37 bits per heavy atom. The Morgan fingerprint density at radius 1 is 1.19 bits per heavy atom. The van der Waals surface area contributed by atoms with Gasteiger partial charge in [0, 0.05) is 17.6 Å². The van der Waals surface area contributed by atoms with Gasteiger partial charge in [-0.15, -0.1) is 0 Å². The smallest absolute Gasteiger partial charge is 0.255 e. The van der Waals surface area contributed by atoms with Crippen LogP contribution in [0.3, 0.4) is 0 Å². The van der Waals surface area contributed by atoms with Crippen LogP contribution in [-0.4, -0.2) is 38.4 Å². The molecule has 0 atom stereocenters. The molecule has 0 fully saturated rings. The van der Waals surface area contributed by atoms with Gasteiger partial charge in [-0.25, -0.2) is 13.8 Å². The molecule has 0 saturated heterocycles. The van der Waals surface area contributed by atoms with Crippen LogP contribution >= 0.6 is 11.6 Å². The minimum Gasteiger partial charge on any atom is -0.272 e. The lowest BCUT2D eigenvalue weighted by Crippen LogP contribution is -2.37. The normalized spacial score (nSPS) is 11.9. The molecule has 8 heteroatoms. The first-order valence-corrected chi connectivity index (χ1v) is 10.1. The number of carbonyl (C=O) groups is 1. The number of sulfonamides is 1. The SMILES string of the molecule is Cc1cc(C)c(S(=O)(=O)N(C)CC(=O)N/N=C\c2ccccc2Cl)c(C)c1. The minimum absolute atomic E-state index is 0.225. The first-order valence-electron chi connectivity index (χ1n) is 8.23. The minimum atomic E-state index is -3.80. The molecule has 0 aliphatic heterocycles. The second kappa shape index (κ2) is 8.65. The Kier molecular flexibility index (Phi) is 6.75. The lowest BCUT2D eigenvalue weighted by molar-refractivity contribution is -0.121.